The van der Waals surface area contributed by atoms with Gasteiger partial charge in [-0.1, -0.05) is 12.1 Å². The lowest BCUT2D eigenvalue weighted by Gasteiger charge is -2.29. The maximum Gasteiger partial charge on any atom is 0.298 e. The molecule has 2 aromatic rings. The highest BCUT2D eigenvalue weighted by Gasteiger charge is 2.27. The van der Waals surface area contributed by atoms with Gasteiger partial charge in [0.05, 0.1) is 12.8 Å². The van der Waals surface area contributed by atoms with Gasteiger partial charge in [-0.05, 0) is 24.3 Å². The Bertz CT molecular complexity index is 680. The highest BCUT2D eigenvalue weighted by molar-refractivity contribution is 6.41. The monoisotopic (exact) mass is 301 g/mol. The van der Waals surface area contributed by atoms with E-state index >= 15 is 0 Å². The van der Waals surface area contributed by atoms with E-state index in [4.69, 9.17) is 13.9 Å². The van der Waals surface area contributed by atoms with Crippen molar-refractivity contribution < 1.29 is 23.5 Å². The van der Waals surface area contributed by atoms with E-state index in [0.29, 0.717) is 18.1 Å². The third kappa shape index (κ3) is 2.81. The van der Waals surface area contributed by atoms with E-state index in [0.717, 1.165) is 0 Å². The molecular formula is C16H15NO5. The Balaban J connectivity index is 1.62. The Morgan fingerprint density at radius 1 is 1.18 bits per heavy atom. The molecule has 0 radical (unpaired) electrons. The van der Waals surface area contributed by atoms with E-state index in [1.165, 1.54) is 17.2 Å². The quantitative estimate of drug-likeness (QED) is 0.636. The number of para-hydroxylation sites is 2. The van der Waals surface area contributed by atoms with E-state index in [1.54, 1.807) is 19.2 Å². The number of nitrogens with zero attached hydrogens (tertiary/aromatic N) is 1. The summed E-state index contributed by atoms with van der Waals surface area (Å²) in [5.74, 6) is 0.0291. The number of amides is 1. The Hall–Kier alpha value is -2.76. The molecule has 1 aliphatic rings. The first kappa shape index (κ1) is 14.2. The van der Waals surface area contributed by atoms with Crippen LogP contribution < -0.4 is 9.47 Å². The Morgan fingerprint density at radius 2 is 1.95 bits per heavy atom. The van der Waals surface area contributed by atoms with Gasteiger partial charge in [-0.25, -0.2) is 0 Å². The second-order valence-electron chi connectivity index (χ2n) is 4.99. The van der Waals surface area contributed by atoms with Crippen LogP contribution in [0.1, 0.15) is 10.6 Å². The van der Waals surface area contributed by atoms with E-state index in [9.17, 15) is 9.59 Å². The van der Waals surface area contributed by atoms with Crippen molar-refractivity contribution in [3.05, 3.63) is 48.4 Å². The number of ketones is 1. The molecule has 0 spiro atoms. The molecule has 0 bridgehead atoms. The Morgan fingerprint density at radius 3 is 2.68 bits per heavy atom. The van der Waals surface area contributed by atoms with Crippen LogP contribution in [0.2, 0.25) is 0 Å². The zero-order valence-corrected chi connectivity index (χ0v) is 12.0. The van der Waals surface area contributed by atoms with Crippen LogP contribution >= 0.6 is 0 Å². The van der Waals surface area contributed by atoms with Gasteiger partial charge < -0.3 is 18.8 Å². The van der Waals surface area contributed by atoms with Gasteiger partial charge in [0.25, 0.3) is 11.7 Å². The first-order valence-electron chi connectivity index (χ1n) is 6.87. The normalized spacial score (nSPS) is 16.1. The van der Waals surface area contributed by atoms with Crippen LogP contribution in [0.5, 0.6) is 11.5 Å². The van der Waals surface area contributed by atoms with E-state index < -0.39 is 11.7 Å². The molecular weight excluding hydrogens is 286 g/mol. The summed E-state index contributed by atoms with van der Waals surface area (Å²) in [4.78, 5) is 25.3. The molecule has 0 saturated carbocycles. The average molecular weight is 301 g/mol. The smallest absolute Gasteiger partial charge is 0.298 e. The topological polar surface area (TPSA) is 69.0 Å². The largest absolute Gasteiger partial charge is 0.486 e. The molecule has 0 unspecified atom stereocenters. The molecule has 0 saturated heterocycles. The minimum Gasteiger partial charge on any atom is -0.486 e. The van der Waals surface area contributed by atoms with Crippen LogP contribution in [0.25, 0.3) is 0 Å². The maximum atomic E-state index is 12.1. The number of fused-ring (bicyclic) bond motifs is 1. The molecule has 1 atom stereocenters. The fourth-order valence-electron chi connectivity index (χ4n) is 2.23. The molecule has 22 heavy (non-hydrogen) atoms. The van der Waals surface area contributed by atoms with Crippen LogP contribution in [-0.2, 0) is 4.79 Å². The summed E-state index contributed by atoms with van der Waals surface area (Å²) >= 11 is 0. The van der Waals surface area contributed by atoms with Crippen molar-refractivity contribution in [1.29, 1.82) is 0 Å². The summed E-state index contributed by atoms with van der Waals surface area (Å²) in [6, 6.07) is 10.4. The van der Waals surface area contributed by atoms with E-state index in [1.807, 2.05) is 18.2 Å². The SMILES string of the molecule is CN(C[C@H]1COc2ccccc2O1)C(=O)C(=O)c1ccco1. The lowest BCUT2D eigenvalue weighted by molar-refractivity contribution is -0.126. The van der Waals surface area contributed by atoms with Gasteiger partial charge in [0.1, 0.15) is 6.61 Å². The molecule has 0 N–H and O–H groups in total. The molecule has 2 heterocycles. The number of carbonyl (C=O) groups is 2. The number of rotatable bonds is 4. The van der Waals surface area contributed by atoms with Crippen molar-refractivity contribution in [3.8, 4) is 11.5 Å². The number of Topliss-reactive ketones (excluding diaryl/α,β-unsaturated/α-hetero) is 1. The summed E-state index contributed by atoms with van der Waals surface area (Å²) in [7, 11) is 1.55. The third-order valence-corrected chi connectivity index (χ3v) is 3.33. The van der Waals surface area contributed by atoms with Crippen LogP contribution in [0, 0.1) is 0 Å². The maximum absolute atomic E-state index is 12.1. The summed E-state index contributed by atoms with van der Waals surface area (Å²) in [6.07, 6.45) is 1.03. The van der Waals surface area contributed by atoms with Gasteiger partial charge in [-0.3, -0.25) is 9.59 Å². The first-order chi connectivity index (χ1) is 10.6. The average Bonchev–Trinajstić information content (AvgIpc) is 3.07. The summed E-state index contributed by atoms with van der Waals surface area (Å²) < 4.78 is 16.3. The highest BCUT2D eigenvalue weighted by Crippen LogP contribution is 2.30. The minimum absolute atomic E-state index is 0.0306. The van der Waals surface area contributed by atoms with Gasteiger partial charge in [0.2, 0.25) is 0 Å². The Kier molecular flexibility index (Phi) is 3.82. The van der Waals surface area contributed by atoms with Gasteiger partial charge in [0, 0.05) is 7.05 Å². The summed E-state index contributed by atoms with van der Waals surface area (Å²) in [5.41, 5.74) is 0. The van der Waals surface area contributed by atoms with Crippen molar-refractivity contribution in [2.75, 3.05) is 20.2 Å². The van der Waals surface area contributed by atoms with Crippen molar-refractivity contribution in [2.24, 2.45) is 0 Å². The highest BCUT2D eigenvalue weighted by atomic mass is 16.6. The van der Waals surface area contributed by atoms with Gasteiger partial charge >= 0.3 is 0 Å². The number of carbonyl (C=O) groups excluding carboxylic acids is 2. The molecule has 1 amide bonds. The third-order valence-electron chi connectivity index (χ3n) is 3.33. The van der Waals surface area contributed by atoms with Gasteiger partial charge in [0.15, 0.2) is 23.4 Å². The number of ether oxygens (including phenoxy) is 2. The fourth-order valence-corrected chi connectivity index (χ4v) is 2.23. The number of furan rings is 1. The molecule has 1 aromatic carbocycles. The number of hydrogen-bond acceptors (Lipinski definition) is 5. The van der Waals surface area contributed by atoms with Crippen molar-refractivity contribution in [3.63, 3.8) is 0 Å². The Labute approximate surface area is 127 Å². The predicted octanol–water partition coefficient (Wildman–Crippen LogP) is 1.76. The first-order valence-corrected chi connectivity index (χ1v) is 6.87. The lowest BCUT2D eigenvalue weighted by atomic mass is 10.2. The summed E-state index contributed by atoms with van der Waals surface area (Å²) in [6.45, 7) is 0.573. The fraction of sp³-hybridized carbons (Fsp3) is 0.250. The second kappa shape index (κ2) is 5.93. The molecule has 6 nitrogen and oxygen atoms in total. The van der Waals surface area contributed by atoms with Crippen LogP contribution in [0.4, 0.5) is 0 Å². The molecule has 0 fully saturated rings. The van der Waals surface area contributed by atoms with Crippen LogP contribution in [0.3, 0.4) is 0 Å². The standard InChI is InChI=1S/C16H15NO5/c1-17(16(19)15(18)14-7-4-8-20-14)9-11-10-21-12-5-2-3-6-13(12)22-11/h2-8,11H,9-10H2,1H3/t11-/m0/s1. The van der Waals surface area contributed by atoms with Crippen LogP contribution in [-0.4, -0.2) is 42.9 Å². The molecule has 6 heteroatoms. The molecule has 0 aliphatic carbocycles. The predicted molar refractivity (Wildman–Crippen MR) is 77.0 cm³/mol. The summed E-state index contributed by atoms with van der Waals surface area (Å²) in [5, 5.41) is 0. The van der Waals surface area contributed by atoms with Crippen molar-refractivity contribution in [2.45, 2.75) is 6.10 Å². The van der Waals surface area contributed by atoms with Gasteiger partial charge in [-0.15, -0.1) is 0 Å². The van der Waals surface area contributed by atoms with Gasteiger partial charge in [-0.2, -0.15) is 0 Å². The molecule has 1 aliphatic heterocycles. The zero-order chi connectivity index (χ0) is 15.5. The molecule has 3 rings (SSSR count). The number of benzene rings is 1. The van der Waals surface area contributed by atoms with Crippen molar-refractivity contribution in [1.82, 2.24) is 4.90 Å². The van der Waals surface area contributed by atoms with E-state index in [2.05, 4.69) is 0 Å². The van der Waals surface area contributed by atoms with Crippen molar-refractivity contribution >= 4 is 11.7 Å². The zero-order valence-electron chi connectivity index (χ0n) is 12.0. The molecule has 114 valence electrons. The van der Waals surface area contributed by atoms with Crippen LogP contribution in [0.15, 0.2) is 47.1 Å². The molecule has 1 aromatic heterocycles. The lowest BCUT2D eigenvalue weighted by Crippen LogP contribution is -2.43. The van der Waals surface area contributed by atoms with E-state index in [-0.39, 0.29) is 18.4 Å². The number of hydrogen-bond donors (Lipinski definition) is 0. The number of likely N-dealkylation sites (N-methyl/N-ethyl adjacent to an activating group) is 1. The second-order valence-corrected chi connectivity index (χ2v) is 4.99. The minimum atomic E-state index is -0.676.